The number of piperazine rings is 1. The van der Waals surface area contributed by atoms with E-state index in [0.717, 1.165) is 36.9 Å². The summed E-state index contributed by atoms with van der Waals surface area (Å²) in [5.74, 6) is 0.113. The molecule has 114 valence electrons. The number of hydrogen-bond acceptors (Lipinski definition) is 2. The highest BCUT2D eigenvalue weighted by Crippen LogP contribution is 2.36. The van der Waals surface area contributed by atoms with Crippen molar-refractivity contribution in [3.8, 4) is 0 Å². The molecule has 5 heteroatoms. The number of nitrogens with one attached hydrogen (secondary N) is 1. The van der Waals surface area contributed by atoms with E-state index in [9.17, 15) is 4.79 Å². The van der Waals surface area contributed by atoms with Crippen molar-refractivity contribution in [3.63, 3.8) is 0 Å². The van der Waals surface area contributed by atoms with Gasteiger partial charge in [0.15, 0.2) is 0 Å². The third-order valence-corrected chi connectivity index (χ3v) is 5.35. The number of carbonyl (C=O) groups excluding carboxylic acids is 1. The van der Waals surface area contributed by atoms with Crippen LogP contribution in [0.5, 0.6) is 0 Å². The Bertz CT molecular complexity index is 515. The van der Waals surface area contributed by atoms with Gasteiger partial charge in [0.1, 0.15) is 0 Å². The summed E-state index contributed by atoms with van der Waals surface area (Å²) in [5, 5.41) is 4.07. The average Bonchev–Trinajstić information content (AvgIpc) is 2.47. The molecule has 3 nitrogen and oxygen atoms in total. The predicted molar refractivity (Wildman–Crippen MR) is 88.9 cm³/mol. The maximum Gasteiger partial charge on any atom is 0.254 e. The van der Waals surface area contributed by atoms with Gasteiger partial charge in [-0.3, -0.25) is 4.79 Å². The van der Waals surface area contributed by atoms with Crippen molar-refractivity contribution in [2.75, 3.05) is 19.6 Å². The van der Waals surface area contributed by atoms with E-state index in [0.29, 0.717) is 10.6 Å². The normalized spacial score (nSPS) is 21.5. The molecule has 1 amide bonds. The molecule has 1 aliphatic carbocycles. The van der Waals surface area contributed by atoms with Gasteiger partial charge in [-0.2, -0.15) is 0 Å². The molecule has 1 N–H and O–H groups in total. The molecule has 0 radical (unpaired) electrons. The number of amides is 1. The topological polar surface area (TPSA) is 32.3 Å². The van der Waals surface area contributed by atoms with E-state index in [1.54, 1.807) is 6.07 Å². The number of hydrogen-bond donors (Lipinski definition) is 1. The lowest BCUT2D eigenvalue weighted by Crippen LogP contribution is -2.63. The Labute approximate surface area is 139 Å². The van der Waals surface area contributed by atoms with Crippen LogP contribution in [0.1, 0.15) is 42.5 Å². The molecule has 3 rings (SSSR count). The zero-order valence-electron chi connectivity index (χ0n) is 12.0. The van der Waals surface area contributed by atoms with Crippen molar-refractivity contribution in [2.24, 2.45) is 0 Å². The molecule has 0 unspecified atom stereocenters. The number of halogens is 2. The quantitative estimate of drug-likeness (QED) is 0.813. The minimum Gasteiger partial charge on any atom is -0.330 e. The van der Waals surface area contributed by atoms with Crippen LogP contribution in [0.25, 0.3) is 0 Å². The molecule has 1 spiro atoms. The fourth-order valence-electron chi connectivity index (χ4n) is 3.65. The number of carbonyl (C=O) groups is 1. The Morgan fingerprint density at radius 2 is 2.00 bits per heavy atom. The second-order valence-corrected chi connectivity index (χ2v) is 7.43. The van der Waals surface area contributed by atoms with Gasteiger partial charge in [0.25, 0.3) is 5.91 Å². The van der Waals surface area contributed by atoms with Crippen LogP contribution in [-0.4, -0.2) is 36.0 Å². The van der Waals surface area contributed by atoms with E-state index < -0.39 is 0 Å². The van der Waals surface area contributed by atoms with Gasteiger partial charge >= 0.3 is 0 Å². The summed E-state index contributed by atoms with van der Waals surface area (Å²) in [6.45, 7) is 2.57. The van der Waals surface area contributed by atoms with Crippen LogP contribution in [-0.2, 0) is 0 Å². The van der Waals surface area contributed by atoms with Gasteiger partial charge < -0.3 is 10.2 Å². The molecule has 1 saturated heterocycles. The molecule has 1 saturated carbocycles. The fraction of sp³-hybridized carbons (Fsp3) is 0.562. The third-order valence-electron chi connectivity index (χ3n) is 4.68. The van der Waals surface area contributed by atoms with Crippen LogP contribution < -0.4 is 5.32 Å². The maximum atomic E-state index is 13.0. The molecule has 1 heterocycles. The Morgan fingerprint density at radius 1 is 1.24 bits per heavy atom. The largest absolute Gasteiger partial charge is 0.330 e. The van der Waals surface area contributed by atoms with Crippen LogP contribution in [0, 0.1) is 0 Å². The molecule has 0 aromatic heterocycles. The van der Waals surface area contributed by atoms with Crippen molar-refractivity contribution >= 4 is 33.4 Å². The van der Waals surface area contributed by atoms with Gasteiger partial charge in [0.2, 0.25) is 0 Å². The molecule has 1 aromatic rings. The Morgan fingerprint density at radius 3 is 2.71 bits per heavy atom. The molecule has 2 fully saturated rings. The van der Waals surface area contributed by atoms with Gasteiger partial charge in [0.05, 0.1) is 5.54 Å². The van der Waals surface area contributed by atoms with Crippen molar-refractivity contribution in [3.05, 3.63) is 33.3 Å². The first-order valence-corrected chi connectivity index (χ1v) is 8.77. The van der Waals surface area contributed by atoms with E-state index in [1.807, 2.05) is 12.1 Å². The highest BCUT2D eigenvalue weighted by Gasteiger charge is 2.42. The van der Waals surface area contributed by atoms with E-state index in [1.165, 1.54) is 19.3 Å². The smallest absolute Gasteiger partial charge is 0.254 e. The molecule has 1 aliphatic heterocycles. The Hall–Kier alpha value is -0.580. The van der Waals surface area contributed by atoms with E-state index in [-0.39, 0.29) is 11.4 Å². The highest BCUT2D eigenvalue weighted by atomic mass is 79.9. The second kappa shape index (κ2) is 6.27. The van der Waals surface area contributed by atoms with Gasteiger partial charge in [-0.05, 0) is 31.0 Å². The van der Waals surface area contributed by atoms with E-state index in [2.05, 4.69) is 26.1 Å². The summed E-state index contributed by atoms with van der Waals surface area (Å²) < 4.78 is 0.853. The number of rotatable bonds is 1. The Balaban J connectivity index is 1.90. The van der Waals surface area contributed by atoms with Crippen LogP contribution >= 0.6 is 27.5 Å². The lowest BCUT2D eigenvalue weighted by Gasteiger charge is -2.49. The minimum atomic E-state index is 0.00236. The van der Waals surface area contributed by atoms with Crippen molar-refractivity contribution in [1.82, 2.24) is 10.2 Å². The fourth-order valence-corrected chi connectivity index (χ4v) is 4.51. The number of nitrogens with zero attached hydrogens (tertiary/aromatic N) is 1. The van der Waals surface area contributed by atoms with Crippen molar-refractivity contribution in [2.45, 2.75) is 37.6 Å². The highest BCUT2D eigenvalue weighted by molar-refractivity contribution is 9.10. The van der Waals surface area contributed by atoms with Gasteiger partial charge in [0, 0.05) is 34.7 Å². The molecule has 0 atom stereocenters. The first-order chi connectivity index (χ1) is 10.1. The van der Waals surface area contributed by atoms with Gasteiger partial charge in [-0.1, -0.05) is 46.8 Å². The first-order valence-electron chi connectivity index (χ1n) is 7.60. The number of benzene rings is 1. The second-order valence-electron chi connectivity index (χ2n) is 6.08. The SMILES string of the molecule is O=C(c1cc(Cl)cc(Br)c1)N1CCNCC12CCCCC2. The van der Waals surface area contributed by atoms with E-state index >= 15 is 0 Å². The standard InChI is InChI=1S/C16H20BrClN2O/c17-13-8-12(9-14(18)10-13)15(21)20-7-6-19-11-16(20)4-2-1-3-5-16/h8-10,19H,1-7,11H2. The lowest BCUT2D eigenvalue weighted by atomic mass is 9.78. The van der Waals surface area contributed by atoms with Crippen LogP contribution in [0.2, 0.25) is 5.02 Å². The van der Waals surface area contributed by atoms with Crippen molar-refractivity contribution < 1.29 is 4.79 Å². The monoisotopic (exact) mass is 370 g/mol. The summed E-state index contributed by atoms with van der Waals surface area (Å²) in [5.41, 5.74) is 0.684. The molecule has 0 bridgehead atoms. The van der Waals surface area contributed by atoms with Crippen LogP contribution in [0.15, 0.2) is 22.7 Å². The zero-order chi connectivity index (χ0) is 14.9. The van der Waals surface area contributed by atoms with E-state index in [4.69, 9.17) is 11.6 Å². The molecule has 1 aromatic carbocycles. The third kappa shape index (κ3) is 3.13. The van der Waals surface area contributed by atoms with Crippen molar-refractivity contribution in [1.29, 1.82) is 0 Å². The minimum absolute atomic E-state index is 0.00236. The van der Waals surface area contributed by atoms with Gasteiger partial charge in [-0.15, -0.1) is 0 Å². The summed E-state index contributed by atoms with van der Waals surface area (Å²) >= 11 is 9.52. The first kappa shape index (κ1) is 15.3. The zero-order valence-corrected chi connectivity index (χ0v) is 14.3. The van der Waals surface area contributed by atoms with Gasteiger partial charge in [-0.25, -0.2) is 0 Å². The molecule has 2 aliphatic rings. The lowest BCUT2D eigenvalue weighted by molar-refractivity contribution is 0.0222. The predicted octanol–water partition coefficient (Wildman–Crippen LogP) is 3.85. The molecule has 21 heavy (non-hydrogen) atoms. The van der Waals surface area contributed by atoms with Crippen LogP contribution in [0.4, 0.5) is 0 Å². The van der Waals surface area contributed by atoms with Crippen LogP contribution in [0.3, 0.4) is 0 Å². The average molecular weight is 372 g/mol. The molecular weight excluding hydrogens is 352 g/mol. The molecular formula is C16H20BrClN2O. The maximum absolute atomic E-state index is 13.0. The summed E-state index contributed by atoms with van der Waals surface area (Å²) in [7, 11) is 0. The summed E-state index contributed by atoms with van der Waals surface area (Å²) in [4.78, 5) is 15.1. The Kier molecular flexibility index (Phi) is 4.57. The summed E-state index contributed by atoms with van der Waals surface area (Å²) in [6, 6.07) is 5.45. The summed E-state index contributed by atoms with van der Waals surface area (Å²) in [6.07, 6.45) is 5.92.